The molecule has 13 heavy (non-hydrogen) atoms. The minimum absolute atomic E-state index is 0.157. The highest BCUT2D eigenvalue weighted by Crippen LogP contribution is 2.11. The lowest BCUT2D eigenvalue weighted by Gasteiger charge is -2.27. The number of hydrogen-bond donors (Lipinski definition) is 2. The van der Waals surface area contributed by atoms with Crippen molar-refractivity contribution in [3.8, 4) is 0 Å². The van der Waals surface area contributed by atoms with Gasteiger partial charge in [0.1, 0.15) is 0 Å². The smallest absolute Gasteiger partial charge is 0.192 e. The van der Waals surface area contributed by atoms with Crippen LogP contribution in [-0.2, 0) is 0 Å². The highest BCUT2D eigenvalue weighted by Gasteiger charge is 2.21. The molecule has 1 unspecified atom stereocenters. The van der Waals surface area contributed by atoms with Crippen LogP contribution < -0.4 is 10.6 Å². The van der Waals surface area contributed by atoms with Gasteiger partial charge in [0.15, 0.2) is 5.96 Å². The number of rotatable bonds is 3. The molecule has 2 N–H and O–H groups in total. The van der Waals surface area contributed by atoms with E-state index in [1.165, 1.54) is 12.8 Å². The molecule has 0 spiro atoms. The molecule has 0 saturated carbocycles. The van der Waals surface area contributed by atoms with Gasteiger partial charge in [-0.15, -0.1) is 0 Å². The molecule has 1 heterocycles. The van der Waals surface area contributed by atoms with Gasteiger partial charge in [0.05, 0.1) is 6.54 Å². The monoisotopic (exact) mass is 183 g/mol. The second-order valence-corrected chi connectivity index (χ2v) is 4.49. The zero-order valence-electron chi connectivity index (χ0n) is 9.15. The minimum atomic E-state index is 0.157. The van der Waals surface area contributed by atoms with E-state index < -0.39 is 0 Å². The molecule has 3 heteroatoms. The third kappa shape index (κ3) is 3.25. The number of nitrogens with one attached hydrogen (secondary N) is 2. The molecule has 0 aromatic heterocycles. The van der Waals surface area contributed by atoms with Gasteiger partial charge in [-0.25, -0.2) is 0 Å². The molecule has 0 aliphatic carbocycles. The Hall–Kier alpha value is -0.730. The van der Waals surface area contributed by atoms with E-state index in [1.807, 2.05) is 0 Å². The van der Waals surface area contributed by atoms with E-state index in [1.54, 1.807) is 0 Å². The quantitative estimate of drug-likeness (QED) is 0.695. The Bertz CT molecular complexity index is 196. The lowest BCUT2D eigenvalue weighted by Crippen LogP contribution is -2.48. The Morgan fingerprint density at radius 1 is 1.62 bits per heavy atom. The fraction of sp³-hybridized carbons (Fsp3) is 0.900. The molecule has 0 fully saturated rings. The van der Waals surface area contributed by atoms with E-state index >= 15 is 0 Å². The molecule has 1 rings (SSSR count). The molecule has 1 aliphatic rings. The van der Waals surface area contributed by atoms with Gasteiger partial charge in [0.2, 0.25) is 0 Å². The van der Waals surface area contributed by atoms with Gasteiger partial charge in [-0.1, -0.05) is 13.3 Å². The van der Waals surface area contributed by atoms with Crippen molar-refractivity contribution in [3.63, 3.8) is 0 Å². The Kier molecular flexibility index (Phi) is 3.17. The standard InChI is InChI=1S/C10H21N3/c1-5-6-10(3,4)13-9-11-7-8(2)12-9/h8H,5-7H2,1-4H3,(H2,11,12,13). The molecular formula is C10H21N3. The van der Waals surface area contributed by atoms with Crippen molar-refractivity contribution in [3.05, 3.63) is 0 Å². The van der Waals surface area contributed by atoms with E-state index in [9.17, 15) is 0 Å². The van der Waals surface area contributed by atoms with Gasteiger partial charge in [-0.05, 0) is 27.2 Å². The van der Waals surface area contributed by atoms with E-state index in [4.69, 9.17) is 0 Å². The molecule has 0 amide bonds. The molecule has 0 saturated heterocycles. The normalized spacial score (nSPS) is 22.5. The Morgan fingerprint density at radius 2 is 2.31 bits per heavy atom. The van der Waals surface area contributed by atoms with Gasteiger partial charge >= 0.3 is 0 Å². The van der Waals surface area contributed by atoms with Gasteiger partial charge in [0, 0.05) is 11.6 Å². The van der Waals surface area contributed by atoms with Gasteiger partial charge in [0.25, 0.3) is 0 Å². The largest absolute Gasteiger partial charge is 0.352 e. The minimum Gasteiger partial charge on any atom is -0.352 e. The predicted molar refractivity (Wildman–Crippen MR) is 57.0 cm³/mol. The topological polar surface area (TPSA) is 36.4 Å². The van der Waals surface area contributed by atoms with Crippen LogP contribution in [0.25, 0.3) is 0 Å². The summed E-state index contributed by atoms with van der Waals surface area (Å²) in [4.78, 5) is 4.38. The number of hydrogen-bond acceptors (Lipinski definition) is 3. The van der Waals surface area contributed by atoms with Crippen LogP contribution in [0.1, 0.15) is 40.5 Å². The van der Waals surface area contributed by atoms with Gasteiger partial charge in [-0.2, -0.15) is 0 Å². The first kappa shape index (κ1) is 10.4. The Labute approximate surface area is 81.0 Å². The summed E-state index contributed by atoms with van der Waals surface area (Å²) >= 11 is 0. The zero-order valence-corrected chi connectivity index (χ0v) is 9.15. The first-order valence-corrected chi connectivity index (χ1v) is 5.12. The van der Waals surface area contributed by atoms with Crippen LogP contribution in [0.3, 0.4) is 0 Å². The van der Waals surface area contributed by atoms with Crippen LogP contribution in [0, 0.1) is 0 Å². The highest BCUT2D eigenvalue weighted by molar-refractivity contribution is 5.82. The SMILES string of the molecule is CCCC(C)(C)NC1=NCC(C)N1. The van der Waals surface area contributed by atoms with Crippen molar-refractivity contribution in [2.45, 2.75) is 52.1 Å². The fourth-order valence-electron chi connectivity index (χ4n) is 1.64. The van der Waals surface area contributed by atoms with Crippen LogP contribution in [0.5, 0.6) is 0 Å². The third-order valence-electron chi connectivity index (χ3n) is 2.24. The molecule has 1 aliphatic heterocycles. The average molecular weight is 183 g/mol. The summed E-state index contributed by atoms with van der Waals surface area (Å²) in [6.07, 6.45) is 2.37. The van der Waals surface area contributed by atoms with Crippen LogP contribution in [0.4, 0.5) is 0 Å². The van der Waals surface area contributed by atoms with Gasteiger partial charge in [-0.3, -0.25) is 4.99 Å². The molecule has 1 atom stereocenters. The van der Waals surface area contributed by atoms with Crippen LogP contribution >= 0.6 is 0 Å². The summed E-state index contributed by atoms with van der Waals surface area (Å²) in [5, 5.41) is 6.73. The predicted octanol–water partition coefficient (Wildman–Crippen LogP) is 1.50. The summed E-state index contributed by atoms with van der Waals surface area (Å²) in [6, 6.07) is 0.486. The van der Waals surface area contributed by atoms with Crippen LogP contribution in [-0.4, -0.2) is 24.1 Å². The first-order chi connectivity index (χ1) is 6.03. The van der Waals surface area contributed by atoms with E-state index in [0.717, 1.165) is 12.5 Å². The molecule has 0 aromatic rings. The van der Waals surface area contributed by atoms with E-state index in [0.29, 0.717) is 6.04 Å². The summed E-state index contributed by atoms with van der Waals surface area (Å²) < 4.78 is 0. The molecule has 3 nitrogen and oxygen atoms in total. The van der Waals surface area contributed by atoms with Crippen molar-refractivity contribution in [1.29, 1.82) is 0 Å². The van der Waals surface area contributed by atoms with Crippen molar-refractivity contribution in [2.75, 3.05) is 6.54 Å². The maximum absolute atomic E-state index is 4.38. The molecular weight excluding hydrogens is 162 g/mol. The van der Waals surface area contributed by atoms with Gasteiger partial charge < -0.3 is 10.6 Å². The van der Waals surface area contributed by atoms with E-state index in [-0.39, 0.29) is 5.54 Å². The highest BCUT2D eigenvalue weighted by atomic mass is 15.3. The maximum atomic E-state index is 4.38. The Balaban J connectivity index is 2.39. The number of guanidine groups is 1. The lowest BCUT2D eigenvalue weighted by molar-refractivity contribution is 0.416. The average Bonchev–Trinajstić information content (AvgIpc) is 2.34. The summed E-state index contributed by atoms with van der Waals surface area (Å²) in [7, 11) is 0. The molecule has 76 valence electrons. The third-order valence-corrected chi connectivity index (χ3v) is 2.24. The second-order valence-electron chi connectivity index (χ2n) is 4.49. The summed E-state index contributed by atoms with van der Waals surface area (Å²) in [6.45, 7) is 9.67. The fourth-order valence-corrected chi connectivity index (χ4v) is 1.64. The van der Waals surface area contributed by atoms with Crippen LogP contribution in [0.2, 0.25) is 0 Å². The number of nitrogens with zero attached hydrogens (tertiary/aromatic N) is 1. The summed E-state index contributed by atoms with van der Waals surface area (Å²) in [5.41, 5.74) is 0.157. The van der Waals surface area contributed by atoms with Crippen molar-refractivity contribution < 1.29 is 0 Å². The summed E-state index contributed by atoms with van der Waals surface area (Å²) in [5.74, 6) is 0.964. The van der Waals surface area contributed by atoms with E-state index in [2.05, 4.69) is 43.3 Å². The number of aliphatic imine (C=N–C) groups is 1. The van der Waals surface area contributed by atoms with Crippen molar-refractivity contribution in [2.24, 2.45) is 4.99 Å². The maximum Gasteiger partial charge on any atom is 0.192 e. The first-order valence-electron chi connectivity index (χ1n) is 5.12. The second kappa shape index (κ2) is 3.99. The van der Waals surface area contributed by atoms with Crippen molar-refractivity contribution in [1.82, 2.24) is 10.6 Å². The zero-order chi connectivity index (χ0) is 9.90. The van der Waals surface area contributed by atoms with Crippen LogP contribution in [0.15, 0.2) is 4.99 Å². The Morgan fingerprint density at radius 3 is 2.77 bits per heavy atom. The molecule has 0 aromatic carbocycles. The lowest BCUT2D eigenvalue weighted by atomic mass is 9.99. The van der Waals surface area contributed by atoms with Crippen molar-refractivity contribution >= 4 is 5.96 Å². The molecule has 0 radical (unpaired) electrons. The molecule has 0 bridgehead atoms.